The molecular formula is C14H23N. The number of rotatable bonds is 1. The van der Waals surface area contributed by atoms with E-state index in [1.807, 2.05) is 5.57 Å². The van der Waals surface area contributed by atoms with Crippen molar-refractivity contribution in [2.45, 2.75) is 57.8 Å². The summed E-state index contributed by atoms with van der Waals surface area (Å²) >= 11 is 0. The van der Waals surface area contributed by atoms with Crippen LogP contribution in [0.3, 0.4) is 0 Å². The molecule has 2 fully saturated rings. The lowest BCUT2D eigenvalue weighted by atomic mass is 9.76. The van der Waals surface area contributed by atoms with Crippen LogP contribution in [0.15, 0.2) is 11.3 Å². The Morgan fingerprint density at radius 3 is 2.47 bits per heavy atom. The first kappa shape index (κ1) is 9.74. The summed E-state index contributed by atoms with van der Waals surface area (Å²) < 4.78 is 0. The fourth-order valence-electron chi connectivity index (χ4n) is 3.81. The van der Waals surface area contributed by atoms with E-state index in [2.05, 4.69) is 4.90 Å². The average molecular weight is 205 g/mol. The zero-order valence-corrected chi connectivity index (χ0v) is 9.80. The summed E-state index contributed by atoms with van der Waals surface area (Å²) in [7, 11) is 0. The van der Waals surface area contributed by atoms with Crippen molar-refractivity contribution in [2.24, 2.45) is 5.92 Å². The molecule has 0 amide bonds. The molecule has 15 heavy (non-hydrogen) atoms. The van der Waals surface area contributed by atoms with E-state index in [1.54, 1.807) is 5.70 Å². The number of likely N-dealkylation sites (tertiary alicyclic amines) is 1. The highest BCUT2D eigenvalue weighted by Crippen LogP contribution is 2.41. The predicted molar refractivity (Wildman–Crippen MR) is 63.6 cm³/mol. The number of hydrogen-bond donors (Lipinski definition) is 0. The molecule has 1 saturated heterocycles. The molecule has 1 heteroatoms. The predicted octanol–water partition coefficient (Wildman–Crippen LogP) is 3.71. The fourth-order valence-corrected chi connectivity index (χ4v) is 3.81. The van der Waals surface area contributed by atoms with Crippen LogP contribution in [0.5, 0.6) is 0 Å². The maximum atomic E-state index is 2.72. The van der Waals surface area contributed by atoms with Crippen LogP contribution in [-0.4, -0.2) is 18.0 Å². The Labute approximate surface area is 93.5 Å². The third kappa shape index (κ3) is 1.81. The summed E-state index contributed by atoms with van der Waals surface area (Å²) in [4.78, 5) is 2.72. The first-order valence-electron chi connectivity index (χ1n) is 6.92. The van der Waals surface area contributed by atoms with Gasteiger partial charge in [0.15, 0.2) is 0 Å². The van der Waals surface area contributed by atoms with Gasteiger partial charge in [-0.3, -0.25) is 0 Å². The zero-order valence-electron chi connectivity index (χ0n) is 9.80. The molecule has 0 aromatic heterocycles. The van der Waals surface area contributed by atoms with Crippen molar-refractivity contribution in [3.8, 4) is 0 Å². The normalized spacial score (nSPS) is 32.0. The van der Waals surface area contributed by atoms with E-state index in [0.29, 0.717) is 0 Å². The molecule has 0 N–H and O–H groups in total. The second kappa shape index (κ2) is 4.19. The second-order valence-corrected chi connectivity index (χ2v) is 5.50. The van der Waals surface area contributed by atoms with Gasteiger partial charge in [-0.05, 0) is 62.9 Å². The Bertz CT molecular complexity index is 261. The lowest BCUT2D eigenvalue weighted by Crippen LogP contribution is -2.26. The van der Waals surface area contributed by atoms with Gasteiger partial charge in [0.05, 0.1) is 0 Å². The molecule has 0 radical (unpaired) electrons. The van der Waals surface area contributed by atoms with Crippen LogP contribution in [-0.2, 0) is 0 Å². The Hall–Kier alpha value is -0.460. The number of fused-ring (bicyclic) bond motifs is 1. The molecule has 0 aromatic carbocycles. The van der Waals surface area contributed by atoms with Gasteiger partial charge in [0.1, 0.15) is 0 Å². The highest BCUT2D eigenvalue weighted by atomic mass is 15.2. The highest BCUT2D eigenvalue weighted by Gasteiger charge is 2.28. The number of allylic oxidation sites excluding steroid dienone is 2. The smallest absolute Gasteiger partial charge is 0.0175 e. The van der Waals surface area contributed by atoms with Crippen LogP contribution < -0.4 is 0 Å². The molecule has 2 aliphatic carbocycles. The molecule has 1 nitrogen and oxygen atoms in total. The first-order valence-corrected chi connectivity index (χ1v) is 6.92. The van der Waals surface area contributed by atoms with E-state index < -0.39 is 0 Å². The van der Waals surface area contributed by atoms with Gasteiger partial charge in [-0.1, -0.05) is 6.42 Å². The SMILES string of the molecule is C1CC[C@H]2CCCC(N3CCCC3)=C2C1. The molecule has 3 rings (SSSR count). The minimum atomic E-state index is 0.989. The van der Waals surface area contributed by atoms with Gasteiger partial charge in [0.2, 0.25) is 0 Å². The first-order chi connectivity index (χ1) is 7.45. The van der Waals surface area contributed by atoms with Crippen LogP contribution in [0, 0.1) is 5.92 Å². The minimum Gasteiger partial charge on any atom is -0.375 e. The maximum Gasteiger partial charge on any atom is 0.0175 e. The largest absolute Gasteiger partial charge is 0.375 e. The fraction of sp³-hybridized carbons (Fsp3) is 0.857. The van der Waals surface area contributed by atoms with Crippen molar-refractivity contribution in [1.29, 1.82) is 0 Å². The van der Waals surface area contributed by atoms with E-state index in [9.17, 15) is 0 Å². The summed E-state index contributed by atoms with van der Waals surface area (Å²) in [5.41, 5.74) is 3.68. The summed E-state index contributed by atoms with van der Waals surface area (Å²) in [6.45, 7) is 2.71. The quantitative estimate of drug-likeness (QED) is 0.631. The summed E-state index contributed by atoms with van der Waals surface area (Å²) in [5.74, 6) is 0.989. The molecule has 1 saturated carbocycles. The van der Waals surface area contributed by atoms with Crippen LogP contribution >= 0.6 is 0 Å². The summed E-state index contributed by atoms with van der Waals surface area (Å²) in [6, 6.07) is 0. The summed E-state index contributed by atoms with van der Waals surface area (Å²) in [5, 5.41) is 0. The van der Waals surface area contributed by atoms with Crippen molar-refractivity contribution in [3.63, 3.8) is 0 Å². The lowest BCUT2D eigenvalue weighted by molar-refractivity contribution is 0.324. The van der Waals surface area contributed by atoms with Crippen LogP contribution in [0.2, 0.25) is 0 Å². The topological polar surface area (TPSA) is 3.24 Å². The lowest BCUT2D eigenvalue weighted by Gasteiger charge is -2.36. The van der Waals surface area contributed by atoms with Gasteiger partial charge in [-0.2, -0.15) is 0 Å². The van der Waals surface area contributed by atoms with Gasteiger partial charge in [-0.25, -0.2) is 0 Å². The Balaban J connectivity index is 1.85. The van der Waals surface area contributed by atoms with Gasteiger partial charge < -0.3 is 4.90 Å². The van der Waals surface area contributed by atoms with Crippen molar-refractivity contribution in [3.05, 3.63) is 11.3 Å². The number of hydrogen-bond acceptors (Lipinski definition) is 1. The van der Waals surface area contributed by atoms with E-state index >= 15 is 0 Å². The van der Waals surface area contributed by atoms with Gasteiger partial charge in [0.25, 0.3) is 0 Å². The Morgan fingerprint density at radius 1 is 0.800 bits per heavy atom. The molecular weight excluding hydrogens is 182 g/mol. The summed E-state index contributed by atoms with van der Waals surface area (Å²) in [6.07, 6.45) is 13.1. The highest BCUT2D eigenvalue weighted by molar-refractivity contribution is 5.21. The molecule has 0 unspecified atom stereocenters. The van der Waals surface area contributed by atoms with E-state index in [4.69, 9.17) is 0 Å². The zero-order chi connectivity index (χ0) is 10.1. The van der Waals surface area contributed by atoms with E-state index in [1.165, 1.54) is 70.9 Å². The van der Waals surface area contributed by atoms with E-state index in [0.717, 1.165) is 5.92 Å². The Kier molecular flexibility index (Phi) is 2.72. The third-order valence-electron chi connectivity index (χ3n) is 4.57. The minimum absolute atomic E-state index is 0.989. The second-order valence-electron chi connectivity index (χ2n) is 5.50. The van der Waals surface area contributed by atoms with Crippen molar-refractivity contribution in [2.75, 3.05) is 13.1 Å². The van der Waals surface area contributed by atoms with Crippen LogP contribution in [0.1, 0.15) is 57.8 Å². The maximum absolute atomic E-state index is 2.72. The molecule has 3 aliphatic rings. The molecule has 0 spiro atoms. The average Bonchev–Trinajstić information content (AvgIpc) is 2.82. The van der Waals surface area contributed by atoms with Crippen molar-refractivity contribution < 1.29 is 0 Å². The van der Waals surface area contributed by atoms with Crippen LogP contribution in [0.4, 0.5) is 0 Å². The molecule has 84 valence electrons. The van der Waals surface area contributed by atoms with E-state index in [-0.39, 0.29) is 0 Å². The Morgan fingerprint density at radius 2 is 1.60 bits per heavy atom. The van der Waals surface area contributed by atoms with Gasteiger partial charge in [-0.15, -0.1) is 0 Å². The van der Waals surface area contributed by atoms with Crippen LogP contribution in [0.25, 0.3) is 0 Å². The molecule has 1 heterocycles. The van der Waals surface area contributed by atoms with Crippen molar-refractivity contribution in [1.82, 2.24) is 4.90 Å². The molecule has 1 aliphatic heterocycles. The molecule has 1 atom stereocenters. The monoisotopic (exact) mass is 205 g/mol. The number of nitrogens with zero attached hydrogens (tertiary/aromatic N) is 1. The third-order valence-corrected chi connectivity index (χ3v) is 4.57. The molecule has 0 bridgehead atoms. The standard InChI is InChI=1S/C14H23N/c1-2-8-13-12(6-1)7-5-9-14(13)15-10-3-4-11-15/h12H,1-11H2/t12-/m0/s1. The molecule has 0 aromatic rings. The van der Waals surface area contributed by atoms with Gasteiger partial charge >= 0.3 is 0 Å². The van der Waals surface area contributed by atoms with Gasteiger partial charge in [0, 0.05) is 18.8 Å². The van der Waals surface area contributed by atoms with Crippen molar-refractivity contribution >= 4 is 0 Å².